The van der Waals surface area contributed by atoms with Crippen LogP contribution < -0.4 is 0 Å². The Kier molecular flexibility index (Phi) is 6.73. The Morgan fingerprint density at radius 3 is 2.17 bits per heavy atom. The molecule has 2 aliphatic heterocycles. The Hall–Kier alpha value is -2.27. The van der Waals surface area contributed by atoms with E-state index in [1.165, 1.54) is 28.6 Å². The Morgan fingerprint density at radius 1 is 0.857 bits per heavy atom. The number of sulfonamides is 2. The zero-order chi connectivity index (χ0) is 24.6. The van der Waals surface area contributed by atoms with Gasteiger partial charge >= 0.3 is 0 Å². The molecule has 8 nitrogen and oxygen atoms in total. The number of hydrogen-bond acceptors (Lipinski definition) is 5. The molecule has 1 aromatic heterocycles. The highest BCUT2D eigenvalue weighted by Gasteiger charge is 2.34. The average molecular weight is 517 g/mol. The highest BCUT2D eigenvalue weighted by Crippen LogP contribution is 2.32. The van der Waals surface area contributed by atoms with Crippen LogP contribution >= 0.6 is 0 Å². The molecular formula is C25H32N4O4S2. The topological polar surface area (TPSA) is 103 Å². The van der Waals surface area contributed by atoms with E-state index in [0.717, 1.165) is 42.5 Å². The Morgan fingerprint density at radius 2 is 1.51 bits per heavy atom. The van der Waals surface area contributed by atoms with Gasteiger partial charge in [-0.2, -0.15) is 8.61 Å². The number of benzene rings is 2. The second-order valence-corrected chi connectivity index (χ2v) is 13.3. The van der Waals surface area contributed by atoms with E-state index < -0.39 is 20.0 Å². The molecule has 0 bridgehead atoms. The summed E-state index contributed by atoms with van der Waals surface area (Å²) in [4.78, 5) is 8.33. The number of aromatic nitrogens is 2. The molecule has 2 fully saturated rings. The first-order chi connectivity index (χ1) is 16.8. The van der Waals surface area contributed by atoms with Gasteiger partial charge in [0.15, 0.2) is 0 Å². The van der Waals surface area contributed by atoms with E-state index in [9.17, 15) is 16.8 Å². The van der Waals surface area contributed by atoms with Crippen LogP contribution in [0, 0.1) is 0 Å². The van der Waals surface area contributed by atoms with E-state index in [1.807, 2.05) is 31.2 Å². The molecule has 0 radical (unpaired) electrons. The maximum atomic E-state index is 13.3. The average Bonchev–Trinajstić information content (AvgIpc) is 3.33. The third-order valence-corrected chi connectivity index (χ3v) is 11.2. The second kappa shape index (κ2) is 9.65. The smallest absolute Gasteiger partial charge is 0.243 e. The van der Waals surface area contributed by atoms with E-state index in [4.69, 9.17) is 0 Å². The SMILES string of the molecule is CCC1CCCCN1S(=O)(=O)c1ccc(S(=O)(=O)N2CCC(c3nc4ccccc4[nH]3)CC2)cc1. The molecule has 1 N–H and O–H groups in total. The molecule has 1 atom stereocenters. The van der Waals surface area contributed by atoms with Crippen molar-refractivity contribution in [3.8, 4) is 0 Å². The standard InChI is InChI=1S/C25H32N4O4S2/c1-2-20-7-5-6-16-29(20)35(32,33)22-12-10-21(11-13-22)34(30,31)28-17-14-19(15-18-28)25-26-23-8-3-4-9-24(23)27-25/h3-4,8-13,19-20H,2,5-7,14-18H2,1H3,(H,26,27). The van der Waals surface area contributed by atoms with Crippen LogP contribution in [-0.4, -0.2) is 61.1 Å². The molecule has 2 saturated heterocycles. The van der Waals surface area contributed by atoms with Crippen LogP contribution in [0.25, 0.3) is 11.0 Å². The van der Waals surface area contributed by atoms with Crippen LogP contribution in [0.5, 0.6) is 0 Å². The van der Waals surface area contributed by atoms with Gasteiger partial charge in [-0.3, -0.25) is 0 Å². The fourth-order valence-corrected chi connectivity index (χ4v) is 8.54. The lowest BCUT2D eigenvalue weighted by Gasteiger charge is -2.34. The van der Waals surface area contributed by atoms with Crippen molar-refractivity contribution < 1.29 is 16.8 Å². The monoisotopic (exact) mass is 516 g/mol. The minimum Gasteiger partial charge on any atom is -0.342 e. The molecule has 35 heavy (non-hydrogen) atoms. The van der Waals surface area contributed by atoms with Gasteiger partial charge in [0, 0.05) is 31.6 Å². The lowest BCUT2D eigenvalue weighted by molar-refractivity contribution is 0.246. The van der Waals surface area contributed by atoms with Gasteiger partial charge in [-0.25, -0.2) is 21.8 Å². The van der Waals surface area contributed by atoms with Crippen LogP contribution in [0.2, 0.25) is 0 Å². The Bertz CT molecular complexity index is 1360. The summed E-state index contributed by atoms with van der Waals surface area (Å²) in [6, 6.07) is 13.6. The predicted molar refractivity (Wildman–Crippen MR) is 135 cm³/mol. The van der Waals surface area contributed by atoms with E-state index in [2.05, 4.69) is 9.97 Å². The van der Waals surface area contributed by atoms with Crippen LogP contribution in [0.15, 0.2) is 58.3 Å². The zero-order valence-electron chi connectivity index (χ0n) is 19.9. The quantitative estimate of drug-likeness (QED) is 0.532. The van der Waals surface area contributed by atoms with Gasteiger partial charge in [0.25, 0.3) is 0 Å². The summed E-state index contributed by atoms with van der Waals surface area (Å²) in [5.74, 6) is 1.08. The number of hydrogen-bond donors (Lipinski definition) is 1. The number of imidazole rings is 1. The molecule has 0 aliphatic carbocycles. The molecule has 5 rings (SSSR count). The zero-order valence-corrected chi connectivity index (χ0v) is 21.6. The summed E-state index contributed by atoms with van der Waals surface area (Å²) < 4.78 is 56.1. The van der Waals surface area contributed by atoms with Crippen LogP contribution in [0.4, 0.5) is 0 Å². The van der Waals surface area contributed by atoms with Gasteiger partial charge in [-0.1, -0.05) is 25.5 Å². The lowest BCUT2D eigenvalue weighted by Crippen LogP contribution is -2.43. The molecule has 0 amide bonds. The number of nitrogens with zero attached hydrogens (tertiary/aromatic N) is 3. The van der Waals surface area contributed by atoms with E-state index in [1.54, 1.807) is 4.31 Å². The highest BCUT2D eigenvalue weighted by atomic mass is 32.2. The van der Waals surface area contributed by atoms with Gasteiger partial charge in [0.1, 0.15) is 5.82 Å². The molecule has 2 aromatic carbocycles. The largest absolute Gasteiger partial charge is 0.342 e. The van der Waals surface area contributed by atoms with Crippen molar-refractivity contribution in [3.05, 3.63) is 54.4 Å². The van der Waals surface area contributed by atoms with E-state index in [0.29, 0.717) is 32.5 Å². The van der Waals surface area contributed by atoms with Gasteiger partial charge in [-0.05, 0) is 68.5 Å². The fraction of sp³-hybridized carbons (Fsp3) is 0.480. The summed E-state index contributed by atoms with van der Waals surface area (Å²) in [5, 5.41) is 0. The van der Waals surface area contributed by atoms with Gasteiger partial charge < -0.3 is 4.98 Å². The number of fused-ring (bicyclic) bond motifs is 1. The van der Waals surface area contributed by atoms with Crippen molar-refractivity contribution in [3.63, 3.8) is 0 Å². The summed E-state index contributed by atoms with van der Waals surface area (Å²) >= 11 is 0. The Labute approximate surface area is 207 Å². The highest BCUT2D eigenvalue weighted by molar-refractivity contribution is 7.89. The van der Waals surface area contributed by atoms with Crippen molar-refractivity contribution in [2.45, 2.75) is 67.2 Å². The Balaban J connectivity index is 1.28. The first-order valence-electron chi connectivity index (χ1n) is 12.4. The molecular weight excluding hydrogens is 484 g/mol. The van der Waals surface area contributed by atoms with Crippen molar-refractivity contribution >= 4 is 31.1 Å². The molecule has 0 saturated carbocycles. The number of nitrogens with one attached hydrogen (secondary N) is 1. The van der Waals surface area contributed by atoms with E-state index in [-0.39, 0.29) is 21.8 Å². The molecule has 188 valence electrons. The maximum absolute atomic E-state index is 13.3. The van der Waals surface area contributed by atoms with Crippen LogP contribution in [-0.2, 0) is 20.0 Å². The predicted octanol–water partition coefficient (Wildman–Crippen LogP) is 4.08. The maximum Gasteiger partial charge on any atom is 0.243 e. The number of piperidine rings is 2. The summed E-state index contributed by atoms with van der Waals surface area (Å²) in [6.45, 7) is 3.32. The number of para-hydroxylation sites is 2. The minimum atomic E-state index is -3.70. The lowest BCUT2D eigenvalue weighted by atomic mass is 9.97. The number of aromatic amines is 1. The summed E-state index contributed by atoms with van der Waals surface area (Å²) in [6.07, 6.45) is 4.89. The van der Waals surface area contributed by atoms with Gasteiger partial charge in [0.2, 0.25) is 20.0 Å². The van der Waals surface area contributed by atoms with Crippen molar-refractivity contribution in [1.29, 1.82) is 0 Å². The van der Waals surface area contributed by atoms with Crippen LogP contribution in [0.3, 0.4) is 0 Å². The van der Waals surface area contributed by atoms with Gasteiger partial charge in [-0.15, -0.1) is 0 Å². The minimum absolute atomic E-state index is 0.00482. The number of rotatable bonds is 6. The third-order valence-electron chi connectivity index (χ3n) is 7.36. The number of H-pyrrole nitrogens is 1. The molecule has 1 unspecified atom stereocenters. The molecule has 2 aliphatic rings. The van der Waals surface area contributed by atoms with Gasteiger partial charge in [0.05, 0.1) is 20.8 Å². The molecule has 3 aromatic rings. The molecule has 10 heteroatoms. The summed E-state index contributed by atoms with van der Waals surface area (Å²) in [5.41, 5.74) is 1.91. The van der Waals surface area contributed by atoms with Crippen LogP contribution in [0.1, 0.15) is 57.2 Å². The van der Waals surface area contributed by atoms with Crippen molar-refractivity contribution in [2.75, 3.05) is 19.6 Å². The van der Waals surface area contributed by atoms with Crippen molar-refractivity contribution in [2.24, 2.45) is 0 Å². The van der Waals surface area contributed by atoms with Crippen molar-refractivity contribution in [1.82, 2.24) is 18.6 Å². The first-order valence-corrected chi connectivity index (χ1v) is 15.3. The fourth-order valence-electron chi connectivity index (χ4n) is 5.30. The molecule has 3 heterocycles. The normalized spacial score (nSPS) is 21.5. The third kappa shape index (κ3) is 4.64. The molecule has 0 spiro atoms. The van der Waals surface area contributed by atoms with E-state index >= 15 is 0 Å². The second-order valence-electron chi connectivity index (χ2n) is 9.46. The first kappa shape index (κ1) is 24.4. The summed E-state index contributed by atoms with van der Waals surface area (Å²) in [7, 11) is -7.35.